The second-order valence-corrected chi connectivity index (χ2v) is 4.81. The van der Waals surface area contributed by atoms with Gasteiger partial charge in [-0.3, -0.25) is 10.1 Å². The van der Waals surface area contributed by atoms with Crippen LogP contribution in [-0.2, 0) is 0 Å². The van der Waals surface area contributed by atoms with Crippen LogP contribution < -0.4 is 10.2 Å². The standard InChI is InChI=1S/C14H23N3O2/c1-5-7-16(11(3)4)13-8-12(15-6-2)9-14(10-13)17(18)19/h8-11,15H,5-7H2,1-4H3. The van der Waals surface area contributed by atoms with Gasteiger partial charge in [-0.25, -0.2) is 0 Å². The van der Waals surface area contributed by atoms with Crippen molar-refractivity contribution in [1.82, 2.24) is 0 Å². The molecular weight excluding hydrogens is 242 g/mol. The number of nitro groups is 1. The number of non-ortho nitro benzene ring substituents is 1. The number of hydrogen-bond acceptors (Lipinski definition) is 4. The summed E-state index contributed by atoms with van der Waals surface area (Å²) in [6, 6.07) is 5.52. The van der Waals surface area contributed by atoms with Gasteiger partial charge in [0.05, 0.1) is 4.92 Å². The van der Waals surface area contributed by atoms with Gasteiger partial charge in [-0.1, -0.05) is 6.92 Å². The van der Waals surface area contributed by atoms with Crippen LogP contribution in [0.1, 0.15) is 34.1 Å². The van der Waals surface area contributed by atoms with Gasteiger partial charge in [0.1, 0.15) is 0 Å². The summed E-state index contributed by atoms with van der Waals surface area (Å²) in [5.41, 5.74) is 1.84. The number of hydrogen-bond donors (Lipinski definition) is 1. The van der Waals surface area contributed by atoms with E-state index >= 15 is 0 Å². The normalized spacial score (nSPS) is 10.6. The Bertz CT molecular complexity index is 433. The van der Waals surface area contributed by atoms with Crippen LogP contribution in [-0.4, -0.2) is 24.1 Å². The van der Waals surface area contributed by atoms with Crippen LogP contribution in [0, 0.1) is 10.1 Å². The summed E-state index contributed by atoms with van der Waals surface area (Å²) in [6.07, 6.45) is 1.01. The largest absolute Gasteiger partial charge is 0.385 e. The lowest BCUT2D eigenvalue weighted by Crippen LogP contribution is -2.31. The lowest BCUT2D eigenvalue weighted by Gasteiger charge is -2.29. The Labute approximate surface area is 114 Å². The van der Waals surface area contributed by atoms with Crippen LogP contribution in [0.4, 0.5) is 17.1 Å². The lowest BCUT2D eigenvalue weighted by molar-refractivity contribution is -0.384. The second kappa shape index (κ2) is 6.97. The topological polar surface area (TPSA) is 58.4 Å². The highest BCUT2D eigenvalue weighted by Crippen LogP contribution is 2.28. The van der Waals surface area contributed by atoms with Crippen LogP contribution >= 0.6 is 0 Å². The summed E-state index contributed by atoms with van der Waals surface area (Å²) in [5, 5.41) is 14.2. The first-order valence-corrected chi connectivity index (χ1v) is 6.79. The second-order valence-electron chi connectivity index (χ2n) is 4.81. The Hall–Kier alpha value is -1.78. The van der Waals surface area contributed by atoms with Crippen molar-refractivity contribution in [2.24, 2.45) is 0 Å². The van der Waals surface area contributed by atoms with Crippen molar-refractivity contribution in [3.8, 4) is 0 Å². The molecule has 19 heavy (non-hydrogen) atoms. The molecule has 0 aliphatic rings. The molecule has 0 saturated heterocycles. The average Bonchev–Trinajstić information content (AvgIpc) is 2.35. The van der Waals surface area contributed by atoms with Gasteiger partial charge in [-0.15, -0.1) is 0 Å². The zero-order valence-corrected chi connectivity index (χ0v) is 12.1. The summed E-state index contributed by atoms with van der Waals surface area (Å²) in [5.74, 6) is 0. The highest BCUT2D eigenvalue weighted by Gasteiger charge is 2.15. The van der Waals surface area contributed by atoms with Crippen molar-refractivity contribution in [2.45, 2.75) is 40.2 Å². The minimum Gasteiger partial charge on any atom is -0.385 e. The number of anilines is 2. The minimum absolute atomic E-state index is 0.134. The molecule has 5 heteroatoms. The molecular formula is C14H23N3O2. The number of rotatable bonds is 7. The molecule has 0 fully saturated rings. The number of nitrogens with zero attached hydrogens (tertiary/aromatic N) is 2. The first kappa shape index (κ1) is 15.3. The van der Waals surface area contributed by atoms with Gasteiger partial charge >= 0.3 is 0 Å². The maximum absolute atomic E-state index is 11.0. The molecule has 0 bridgehead atoms. The van der Waals surface area contributed by atoms with Crippen molar-refractivity contribution in [2.75, 3.05) is 23.3 Å². The Morgan fingerprint density at radius 2 is 2.00 bits per heavy atom. The molecule has 0 radical (unpaired) electrons. The highest BCUT2D eigenvalue weighted by molar-refractivity contribution is 5.64. The van der Waals surface area contributed by atoms with Crippen molar-refractivity contribution in [3.05, 3.63) is 28.3 Å². The predicted octanol–water partition coefficient (Wildman–Crippen LogP) is 3.65. The van der Waals surface area contributed by atoms with Crippen LogP contribution in [0.15, 0.2) is 18.2 Å². The van der Waals surface area contributed by atoms with Gasteiger partial charge in [0.25, 0.3) is 5.69 Å². The maximum Gasteiger partial charge on any atom is 0.273 e. The molecule has 0 saturated carbocycles. The zero-order valence-electron chi connectivity index (χ0n) is 12.1. The molecule has 5 nitrogen and oxygen atoms in total. The van der Waals surface area contributed by atoms with Crippen molar-refractivity contribution in [1.29, 1.82) is 0 Å². The molecule has 0 unspecified atom stereocenters. The fraction of sp³-hybridized carbons (Fsp3) is 0.571. The Morgan fingerprint density at radius 1 is 1.32 bits per heavy atom. The number of nitrogens with one attached hydrogen (secondary N) is 1. The van der Waals surface area contributed by atoms with E-state index in [0.717, 1.165) is 30.9 Å². The van der Waals surface area contributed by atoms with E-state index in [0.29, 0.717) is 6.04 Å². The summed E-state index contributed by atoms with van der Waals surface area (Å²) < 4.78 is 0. The van der Waals surface area contributed by atoms with E-state index in [2.05, 4.69) is 31.0 Å². The Morgan fingerprint density at radius 3 is 2.47 bits per heavy atom. The monoisotopic (exact) mass is 265 g/mol. The molecule has 1 aromatic carbocycles. The van der Waals surface area contributed by atoms with Crippen molar-refractivity contribution < 1.29 is 4.92 Å². The van der Waals surface area contributed by atoms with Crippen molar-refractivity contribution >= 4 is 17.1 Å². The molecule has 0 aromatic heterocycles. The average molecular weight is 265 g/mol. The van der Waals surface area contributed by atoms with Gasteiger partial charge in [0.15, 0.2) is 0 Å². The maximum atomic E-state index is 11.0. The quantitative estimate of drug-likeness (QED) is 0.604. The Balaban J connectivity index is 3.19. The molecule has 0 aliphatic carbocycles. The highest BCUT2D eigenvalue weighted by atomic mass is 16.6. The first-order chi connectivity index (χ1) is 8.99. The SMILES string of the molecule is CCCN(c1cc(NCC)cc([N+](=O)[O-])c1)C(C)C. The fourth-order valence-corrected chi connectivity index (χ4v) is 2.10. The van der Waals surface area contributed by atoms with E-state index in [1.165, 1.54) is 0 Å². The fourth-order valence-electron chi connectivity index (χ4n) is 2.10. The van der Waals surface area contributed by atoms with E-state index in [9.17, 15) is 10.1 Å². The summed E-state index contributed by atoms with van der Waals surface area (Å²) >= 11 is 0. The molecule has 0 aliphatic heterocycles. The Kier molecular flexibility index (Phi) is 5.60. The van der Waals surface area contributed by atoms with Crippen LogP contribution in [0.3, 0.4) is 0 Å². The first-order valence-electron chi connectivity index (χ1n) is 6.79. The molecule has 0 heterocycles. The van der Waals surface area contributed by atoms with E-state index in [-0.39, 0.29) is 10.6 Å². The predicted molar refractivity (Wildman–Crippen MR) is 80.0 cm³/mol. The minimum atomic E-state index is -0.338. The smallest absolute Gasteiger partial charge is 0.273 e. The van der Waals surface area contributed by atoms with E-state index in [1.54, 1.807) is 12.1 Å². The van der Waals surface area contributed by atoms with Gasteiger partial charge in [0.2, 0.25) is 0 Å². The number of benzene rings is 1. The summed E-state index contributed by atoms with van der Waals surface area (Å²) in [7, 11) is 0. The van der Waals surface area contributed by atoms with Gasteiger partial charge in [-0.05, 0) is 33.3 Å². The summed E-state index contributed by atoms with van der Waals surface area (Å²) in [4.78, 5) is 12.9. The van der Waals surface area contributed by atoms with E-state index < -0.39 is 0 Å². The van der Waals surface area contributed by atoms with Crippen LogP contribution in [0.25, 0.3) is 0 Å². The molecule has 1 rings (SSSR count). The zero-order chi connectivity index (χ0) is 14.4. The summed E-state index contributed by atoms with van der Waals surface area (Å²) in [6.45, 7) is 9.92. The lowest BCUT2D eigenvalue weighted by atomic mass is 10.2. The van der Waals surface area contributed by atoms with Crippen LogP contribution in [0.5, 0.6) is 0 Å². The molecule has 0 amide bonds. The third-order valence-electron chi connectivity index (χ3n) is 2.91. The third kappa shape index (κ3) is 4.12. The van der Waals surface area contributed by atoms with Crippen LogP contribution in [0.2, 0.25) is 0 Å². The van der Waals surface area contributed by atoms with Gasteiger partial charge in [0, 0.05) is 42.6 Å². The van der Waals surface area contributed by atoms with Gasteiger partial charge < -0.3 is 10.2 Å². The van der Waals surface area contributed by atoms with E-state index in [1.807, 2.05) is 13.0 Å². The van der Waals surface area contributed by atoms with Gasteiger partial charge in [-0.2, -0.15) is 0 Å². The molecule has 1 N–H and O–H groups in total. The molecule has 1 aromatic rings. The third-order valence-corrected chi connectivity index (χ3v) is 2.91. The molecule has 0 spiro atoms. The van der Waals surface area contributed by atoms with E-state index in [4.69, 9.17) is 0 Å². The molecule has 106 valence electrons. The molecule has 0 atom stereocenters. The van der Waals surface area contributed by atoms with Crippen molar-refractivity contribution in [3.63, 3.8) is 0 Å². The number of nitro benzene ring substituents is 1.